The molecule has 3 unspecified atom stereocenters. The SMILES string of the molecule is c1ccn2nc(NC3CC4CCC3O4)nc2c1. The van der Waals surface area contributed by atoms with Gasteiger partial charge in [-0.3, -0.25) is 0 Å². The number of fused-ring (bicyclic) bond motifs is 3. The van der Waals surface area contributed by atoms with Gasteiger partial charge in [-0.2, -0.15) is 4.98 Å². The number of hydrogen-bond acceptors (Lipinski definition) is 4. The summed E-state index contributed by atoms with van der Waals surface area (Å²) in [6.07, 6.45) is 6.17. The molecule has 17 heavy (non-hydrogen) atoms. The van der Waals surface area contributed by atoms with Crippen LogP contribution in [0.4, 0.5) is 5.95 Å². The standard InChI is InChI=1S/C12H14N4O/c1-2-6-16-11(3-1)14-12(15-16)13-9-7-8-4-5-10(9)17-8/h1-3,6,8-10H,4-5,7H2,(H,13,15). The zero-order chi connectivity index (χ0) is 11.2. The van der Waals surface area contributed by atoms with E-state index >= 15 is 0 Å². The van der Waals surface area contributed by atoms with E-state index in [9.17, 15) is 0 Å². The van der Waals surface area contributed by atoms with Crippen LogP contribution < -0.4 is 5.32 Å². The van der Waals surface area contributed by atoms with E-state index in [4.69, 9.17) is 4.74 Å². The fourth-order valence-electron chi connectivity index (χ4n) is 2.85. The van der Waals surface area contributed by atoms with Crippen molar-refractivity contribution in [2.75, 3.05) is 5.32 Å². The smallest absolute Gasteiger partial charge is 0.243 e. The van der Waals surface area contributed by atoms with Crippen molar-refractivity contribution in [1.82, 2.24) is 14.6 Å². The minimum absolute atomic E-state index is 0.353. The highest BCUT2D eigenvalue weighted by Gasteiger charge is 2.41. The molecule has 2 saturated heterocycles. The summed E-state index contributed by atoms with van der Waals surface area (Å²) >= 11 is 0. The van der Waals surface area contributed by atoms with Gasteiger partial charge < -0.3 is 10.1 Å². The predicted octanol–water partition coefficient (Wildman–Crippen LogP) is 1.46. The highest BCUT2D eigenvalue weighted by molar-refractivity contribution is 5.43. The number of nitrogens with one attached hydrogen (secondary N) is 1. The second-order valence-corrected chi connectivity index (χ2v) is 4.80. The van der Waals surface area contributed by atoms with E-state index in [1.165, 1.54) is 6.42 Å². The van der Waals surface area contributed by atoms with Gasteiger partial charge in [-0.05, 0) is 31.4 Å². The summed E-state index contributed by atoms with van der Waals surface area (Å²) in [7, 11) is 0. The van der Waals surface area contributed by atoms with Crippen molar-refractivity contribution in [2.24, 2.45) is 0 Å². The number of rotatable bonds is 2. The topological polar surface area (TPSA) is 51.5 Å². The maximum absolute atomic E-state index is 5.81. The first-order valence-corrected chi connectivity index (χ1v) is 6.12. The highest BCUT2D eigenvalue weighted by Crippen LogP contribution is 2.35. The largest absolute Gasteiger partial charge is 0.373 e. The van der Waals surface area contributed by atoms with Gasteiger partial charge in [0.05, 0.1) is 18.2 Å². The number of hydrogen-bond donors (Lipinski definition) is 1. The molecule has 0 radical (unpaired) electrons. The Hall–Kier alpha value is -1.62. The highest BCUT2D eigenvalue weighted by atomic mass is 16.5. The molecule has 0 aromatic carbocycles. The Morgan fingerprint density at radius 3 is 3.12 bits per heavy atom. The quantitative estimate of drug-likeness (QED) is 0.848. The minimum atomic E-state index is 0.353. The summed E-state index contributed by atoms with van der Waals surface area (Å²) in [5.74, 6) is 0.706. The fraction of sp³-hybridized carbons (Fsp3) is 0.500. The molecule has 2 fully saturated rings. The molecule has 4 rings (SSSR count). The molecule has 0 amide bonds. The Kier molecular flexibility index (Phi) is 1.90. The molecule has 0 saturated carbocycles. The van der Waals surface area contributed by atoms with E-state index in [0.717, 1.165) is 18.5 Å². The van der Waals surface area contributed by atoms with Gasteiger partial charge in [0, 0.05) is 6.20 Å². The third kappa shape index (κ3) is 1.50. The van der Waals surface area contributed by atoms with Gasteiger partial charge in [-0.1, -0.05) is 6.07 Å². The first-order valence-electron chi connectivity index (χ1n) is 6.12. The molecule has 3 atom stereocenters. The van der Waals surface area contributed by atoms with Crippen LogP contribution in [0.1, 0.15) is 19.3 Å². The molecule has 0 spiro atoms. The first kappa shape index (κ1) is 9.41. The molecule has 88 valence electrons. The van der Waals surface area contributed by atoms with Gasteiger partial charge in [0.15, 0.2) is 5.65 Å². The normalized spacial score (nSPS) is 31.2. The molecule has 5 nitrogen and oxygen atoms in total. The van der Waals surface area contributed by atoms with Crippen LogP contribution in [0.5, 0.6) is 0 Å². The van der Waals surface area contributed by atoms with E-state index in [1.54, 1.807) is 4.52 Å². The Morgan fingerprint density at radius 1 is 1.35 bits per heavy atom. The Balaban J connectivity index is 1.59. The third-order valence-corrected chi connectivity index (χ3v) is 3.66. The van der Waals surface area contributed by atoms with Crippen LogP contribution in [0.3, 0.4) is 0 Å². The predicted molar refractivity (Wildman–Crippen MR) is 62.9 cm³/mol. The summed E-state index contributed by atoms with van der Waals surface area (Å²) < 4.78 is 7.59. The van der Waals surface area contributed by atoms with Crippen molar-refractivity contribution in [2.45, 2.75) is 37.5 Å². The number of pyridine rings is 1. The monoisotopic (exact) mass is 230 g/mol. The first-order chi connectivity index (χ1) is 8.38. The van der Waals surface area contributed by atoms with Gasteiger partial charge in [0.1, 0.15) is 0 Å². The molecule has 4 heterocycles. The average Bonchev–Trinajstić information content (AvgIpc) is 3.01. The second kappa shape index (κ2) is 3.43. The van der Waals surface area contributed by atoms with E-state index in [-0.39, 0.29) is 0 Å². The van der Waals surface area contributed by atoms with Crippen molar-refractivity contribution in [1.29, 1.82) is 0 Å². The van der Waals surface area contributed by atoms with Crippen LogP contribution in [-0.2, 0) is 4.74 Å². The maximum Gasteiger partial charge on any atom is 0.243 e. The lowest BCUT2D eigenvalue weighted by molar-refractivity contribution is 0.102. The van der Waals surface area contributed by atoms with Crippen molar-refractivity contribution >= 4 is 11.6 Å². The summed E-state index contributed by atoms with van der Waals surface area (Å²) in [6.45, 7) is 0. The molecular weight excluding hydrogens is 216 g/mol. The summed E-state index contributed by atoms with van der Waals surface area (Å²) in [6, 6.07) is 6.25. The summed E-state index contributed by atoms with van der Waals surface area (Å²) in [5.41, 5.74) is 0.874. The molecule has 2 aliphatic rings. The number of aromatic nitrogens is 3. The molecule has 0 aliphatic carbocycles. The van der Waals surface area contributed by atoms with E-state index < -0.39 is 0 Å². The fourth-order valence-corrected chi connectivity index (χ4v) is 2.85. The zero-order valence-electron chi connectivity index (χ0n) is 9.41. The van der Waals surface area contributed by atoms with Crippen molar-refractivity contribution in [3.8, 4) is 0 Å². The number of nitrogens with zero attached hydrogens (tertiary/aromatic N) is 3. The molecule has 2 aliphatic heterocycles. The Labute approximate surface area is 98.8 Å². The van der Waals surface area contributed by atoms with Crippen molar-refractivity contribution in [3.05, 3.63) is 24.4 Å². The van der Waals surface area contributed by atoms with Gasteiger partial charge >= 0.3 is 0 Å². The lowest BCUT2D eigenvalue weighted by atomic mass is 9.96. The third-order valence-electron chi connectivity index (χ3n) is 3.66. The number of anilines is 1. The zero-order valence-corrected chi connectivity index (χ0v) is 9.41. The lowest BCUT2D eigenvalue weighted by Gasteiger charge is -2.18. The van der Waals surface area contributed by atoms with Crippen molar-refractivity contribution in [3.63, 3.8) is 0 Å². The maximum atomic E-state index is 5.81. The van der Waals surface area contributed by atoms with Gasteiger partial charge in [-0.15, -0.1) is 5.10 Å². The van der Waals surface area contributed by atoms with Crippen LogP contribution in [0, 0.1) is 0 Å². The Morgan fingerprint density at radius 2 is 2.35 bits per heavy atom. The van der Waals surface area contributed by atoms with E-state index in [2.05, 4.69) is 15.4 Å². The average molecular weight is 230 g/mol. The Bertz CT molecular complexity index is 519. The van der Waals surface area contributed by atoms with Crippen LogP contribution in [0.2, 0.25) is 0 Å². The van der Waals surface area contributed by atoms with Crippen LogP contribution in [-0.4, -0.2) is 32.8 Å². The van der Waals surface area contributed by atoms with Crippen LogP contribution >= 0.6 is 0 Å². The molecule has 1 N–H and O–H groups in total. The molecule has 2 aromatic rings. The lowest BCUT2D eigenvalue weighted by Crippen LogP contribution is -2.30. The van der Waals surface area contributed by atoms with Crippen LogP contribution in [0.15, 0.2) is 24.4 Å². The van der Waals surface area contributed by atoms with Gasteiger partial charge in [0.2, 0.25) is 5.95 Å². The minimum Gasteiger partial charge on any atom is -0.373 e. The second-order valence-electron chi connectivity index (χ2n) is 4.80. The van der Waals surface area contributed by atoms with E-state index in [0.29, 0.717) is 24.2 Å². The van der Waals surface area contributed by atoms with Crippen LogP contribution in [0.25, 0.3) is 5.65 Å². The molecule has 2 aromatic heterocycles. The van der Waals surface area contributed by atoms with Gasteiger partial charge in [-0.25, -0.2) is 4.52 Å². The summed E-state index contributed by atoms with van der Waals surface area (Å²) in [5, 5.41) is 7.79. The van der Waals surface area contributed by atoms with Crippen molar-refractivity contribution < 1.29 is 4.74 Å². The molecule has 2 bridgehead atoms. The number of ether oxygens (including phenoxy) is 1. The van der Waals surface area contributed by atoms with E-state index in [1.807, 2.05) is 24.4 Å². The van der Waals surface area contributed by atoms with Gasteiger partial charge in [0.25, 0.3) is 0 Å². The molecule has 5 heteroatoms. The molecular formula is C12H14N4O. The summed E-state index contributed by atoms with van der Waals surface area (Å²) in [4.78, 5) is 4.44.